The van der Waals surface area contributed by atoms with Crippen LogP contribution in [0.4, 0.5) is 0 Å². The van der Waals surface area contributed by atoms with E-state index in [0.717, 1.165) is 0 Å². The molecule has 1 rings (SSSR count). The van der Waals surface area contributed by atoms with Crippen molar-refractivity contribution < 1.29 is 11.0 Å². The Morgan fingerprint density at radius 3 is 2.42 bits per heavy atom. The van der Waals surface area contributed by atoms with Gasteiger partial charge < -0.3 is 0 Å². The predicted octanol–water partition coefficient (Wildman–Crippen LogP) is 1.04. The lowest BCUT2D eigenvalue weighted by atomic mass is 9.81. The molecule has 1 unspecified atom stereocenters. The number of hydrogen-bond donors (Lipinski definition) is 1. The number of amides is 2. The van der Waals surface area contributed by atoms with Crippen molar-refractivity contribution in [1.29, 1.82) is 0 Å². The second kappa shape index (κ2) is 5.80. The number of piperidine rings is 1. The molecule has 68 valence electrons. The second-order valence-electron chi connectivity index (χ2n) is 2.76. The number of carbonyl (C=O) groups excluding carboxylic acids is 2. The van der Waals surface area contributed by atoms with Gasteiger partial charge in [0, 0.05) is 13.7 Å². The molecular weight excluding hydrogens is 153 g/mol. The third-order valence-corrected chi connectivity index (χ3v) is 1.28. The van der Waals surface area contributed by atoms with Crippen LogP contribution >= 0.6 is 0 Å². The number of imide groups is 1. The van der Waals surface area contributed by atoms with Crippen LogP contribution in [0.1, 0.15) is 34.5 Å². The van der Waals surface area contributed by atoms with Gasteiger partial charge in [-0.3, -0.25) is 14.9 Å². The Morgan fingerprint density at radius 2 is 2.08 bits per heavy atom. The first kappa shape index (κ1) is 11.2. The lowest BCUT2D eigenvalue weighted by molar-refractivity contribution is -0.132. The van der Waals surface area contributed by atoms with Crippen LogP contribution < -0.4 is 5.32 Å². The van der Waals surface area contributed by atoms with Gasteiger partial charge in [-0.25, -0.2) is 0 Å². The summed E-state index contributed by atoms with van der Waals surface area (Å²) >= 11 is 0. The first-order chi connectivity index (χ1) is 5.61. The second-order valence-corrected chi connectivity index (χ2v) is 2.76. The maximum absolute atomic E-state index is 10.5. The molecule has 1 aliphatic heterocycles. The van der Waals surface area contributed by atoms with Crippen LogP contribution in [0, 0.1) is 0 Å². The maximum Gasteiger partial charge on any atom is 0.226 e. The van der Waals surface area contributed by atoms with E-state index in [0.29, 0.717) is 12.8 Å². The number of carbonyl (C=O) groups is 2. The molecule has 1 heterocycles. The van der Waals surface area contributed by atoms with E-state index in [1.165, 1.54) is 6.42 Å². The van der Waals surface area contributed by atoms with Gasteiger partial charge in [-0.1, -0.05) is 20.3 Å². The number of hydrogen-bond acceptors (Lipinski definition) is 2. The summed E-state index contributed by atoms with van der Waals surface area (Å²) in [5.41, 5.74) is 0. The molecule has 0 bridgehead atoms. The molecule has 1 saturated heterocycles. The van der Waals surface area contributed by atoms with Gasteiger partial charge in [0.05, 0.1) is 7.85 Å². The van der Waals surface area contributed by atoms with Gasteiger partial charge >= 0.3 is 0 Å². The predicted molar refractivity (Wildman–Crippen MR) is 50.0 cm³/mol. The zero-order chi connectivity index (χ0) is 9.56. The Bertz CT molecular complexity index is 176. The van der Waals surface area contributed by atoms with E-state index in [-0.39, 0.29) is 13.2 Å². The summed E-state index contributed by atoms with van der Waals surface area (Å²) in [6.07, 6.45) is 2.09. The van der Waals surface area contributed by atoms with Crippen LogP contribution in [0.5, 0.6) is 0 Å². The van der Waals surface area contributed by atoms with Crippen molar-refractivity contribution in [3.05, 3.63) is 0 Å². The molecule has 0 aromatic carbocycles. The summed E-state index contributed by atoms with van der Waals surface area (Å²) < 4.78 is 0. The van der Waals surface area contributed by atoms with Crippen LogP contribution in [-0.2, 0) is 9.59 Å². The average molecular weight is 169 g/mol. The summed E-state index contributed by atoms with van der Waals surface area (Å²) in [4.78, 5) is 21.0. The van der Waals surface area contributed by atoms with Gasteiger partial charge in [0.15, 0.2) is 0 Å². The van der Waals surface area contributed by atoms with Crippen molar-refractivity contribution in [2.45, 2.75) is 38.9 Å². The van der Waals surface area contributed by atoms with Crippen molar-refractivity contribution in [3.63, 3.8) is 0 Å². The number of nitrogens with one attached hydrogen (secondary N) is 1. The SMILES string of the molecule is CCC.[B]C1CCC(=O)NC1=O.[HH]. The normalized spacial score (nSPS) is 22.3. The Morgan fingerprint density at radius 1 is 1.58 bits per heavy atom. The van der Waals surface area contributed by atoms with E-state index in [4.69, 9.17) is 7.85 Å². The number of rotatable bonds is 0. The van der Waals surface area contributed by atoms with Crippen LogP contribution in [0.15, 0.2) is 0 Å². The van der Waals surface area contributed by atoms with E-state index in [9.17, 15) is 9.59 Å². The smallest absolute Gasteiger partial charge is 0.226 e. The summed E-state index contributed by atoms with van der Waals surface area (Å²) in [6, 6.07) is 0. The Labute approximate surface area is 75.8 Å². The molecule has 0 aromatic heterocycles. The highest BCUT2D eigenvalue weighted by Crippen LogP contribution is 2.12. The standard InChI is InChI=1S/C5H6BNO2.C3H8.H2/c6-3-1-2-4(8)7-5(3)9;1-3-2;/h3H,1-2H2,(H,7,8,9);3H2,1-2H3;1H. The van der Waals surface area contributed by atoms with Crippen molar-refractivity contribution >= 4 is 19.7 Å². The topological polar surface area (TPSA) is 46.2 Å². The van der Waals surface area contributed by atoms with Crippen LogP contribution in [-0.4, -0.2) is 19.7 Å². The van der Waals surface area contributed by atoms with Crippen LogP contribution in [0.2, 0.25) is 5.82 Å². The highest BCUT2D eigenvalue weighted by atomic mass is 16.2. The van der Waals surface area contributed by atoms with Gasteiger partial charge in [0.1, 0.15) is 0 Å². The van der Waals surface area contributed by atoms with Gasteiger partial charge in [0.25, 0.3) is 0 Å². The molecule has 2 amide bonds. The molecule has 1 fully saturated rings. The average Bonchev–Trinajstić information content (AvgIpc) is 1.99. The molecule has 1 N–H and O–H groups in total. The summed E-state index contributed by atoms with van der Waals surface area (Å²) in [6.45, 7) is 4.25. The van der Waals surface area contributed by atoms with Gasteiger partial charge in [0.2, 0.25) is 11.8 Å². The van der Waals surface area contributed by atoms with Crippen molar-refractivity contribution in [3.8, 4) is 0 Å². The molecule has 4 heteroatoms. The van der Waals surface area contributed by atoms with Gasteiger partial charge in [-0.2, -0.15) is 0 Å². The Balaban J connectivity index is 0. The lowest BCUT2D eigenvalue weighted by Crippen LogP contribution is -2.38. The molecule has 2 radical (unpaired) electrons. The minimum atomic E-state index is -0.484. The first-order valence-corrected chi connectivity index (χ1v) is 4.21. The van der Waals surface area contributed by atoms with E-state index in [1.807, 2.05) is 0 Å². The van der Waals surface area contributed by atoms with Crippen molar-refractivity contribution in [1.82, 2.24) is 5.32 Å². The maximum atomic E-state index is 10.5. The largest absolute Gasteiger partial charge is 0.297 e. The van der Waals surface area contributed by atoms with Crippen molar-refractivity contribution in [2.75, 3.05) is 0 Å². The Hall–Kier alpha value is -0.795. The molecule has 0 aromatic rings. The first-order valence-electron chi connectivity index (χ1n) is 4.21. The van der Waals surface area contributed by atoms with E-state index in [1.54, 1.807) is 0 Å². The molecule has 1 aliphatic rings. The summed E-state index contributed by atoms with van der Waals surface area (Å²) in [5.74, 6) is -1.06. The van der Waals surface area contributed by atoms with Crippen LogP contribution in [0.3, 0.4) is 0 Å². The molecule has 0 saturated carbocycles. The molecule has 0 aliphatic carbocycles. The minimum absolute atomic E-state index is 0. The molecular formula is C8H16BNO2. The molecule has 12 heavy (non-hydrogen) atoms. The fraction of sp³-hybridized carbons (Fsp3) is 0.750. The minimum Gasteiger partial charge on any atom is -0.297 e. The summed E-state index contributed by atoms with van der Waals surface area (Å²) in [5, 5.41) is 2.13. The highest BCUT2D eigenvalue weighted by molar-refractivity contribution is 6.26. The summed E-state index contributed by atoms with van der Waals surface area (Å²) in [7, 11) is 5.28. The fourth-order valence-electron chi connectivity index (χ4n) is 0.710. The third-order valence-electron chi connectivity index (χ3n) is 1.28. The highest BCUT2D eigenvalue weighted by Gasteiger charge is 2.21. The molecule has 3 nitrogen and oxygen atoms in total. The third kappa shape index (κ3) is 4.16. The zero-order valence-corrected chi connectivity index (χ0v) is 7.59. The van der Waals surface area contributed by atoms with Gasteiger partial charge in [-0.05, 0) is 6.42 Å². The van der Waals surface area contributed by atoms with E-state index < -0.39 is 5.82 Å². The lowest BCUT2D eigenvalue weighted by Gasteiger charge is -2.16. The van der Waals surface area contributed by atoms with Crippen molar-refractivity contribution in [2.24, 2.45) is 0 Å². The monoisotopic (exact) mass is 169 g/mol. The molecule has 1 atom stereocenters. The molecule has 0 spiro atoms. The zero-order valence-electron chi connectivity index (χ0n) is 7.59. The Kier molecular flexibility index (Phi) is 5.42. The van der Waals surface area contributed by atoms with E-state index in [2.05, 4.69) is 19.2 Å². The van der Waals surface area contributed by atoms with Crippen LogP contribution in [0.25, 0.3) is 0 Å². The quantitative estimate of drug-likeness (QED) is 0.435. The van der Waals surface area contributed by atoms with Gasteiger partial charge in [-0.15, -0.1) is 0 Å². The van der Waals surface area contributed by atoms with E-state index >= 15 is 0 Å². The fourth-order valence-corrected chi connectivity index (χ4v) is 0.710.